The molecular formula is C24H20F6N2O3. The molecule has 186 valence electrons. The van der Waals surface area contributed by atoms with Crippen molar-refractivity contribution in [2.75, 3.05) is 7.05 Å². The van der Waals surface area contributed by atoms with Crippen molar-refractivity contribution in [1.29, 1.82) is 0 Å². The Morgan fingerprint density at radius 3 is 2.14 bits per heavy atom. The third-order valence-electron chi connectivity index (χ3n) is 5.52. The van der Waals surface area contributed by atoms with Crippen LogP contribution in [0.2, 0.25) is 0 Å². The van der Waals surface area contributed by atoms with Crippen LogP contribution in [0.1, 0.15) is 27.0 Å². The van der Waals surface area contributed by atoms with Crippen molar-refractivity contribution in [2.24, 2.45) is 7.05 Å². The fourth-order valence-electron chi connectivity index (χ4n) is 3.77. The maximum Gasteiger partial charge on any atom is 0.416 e. The average molecular weight is 498 g/mol. The van der Waals surface area contributed by atoms with Crippen molar-refractivity contribution in [3.8, 4) is 0 Å². The molecule has 1 aromatic heterocycles. The number of para-hydroxylation sites is 1. The van der Waals surface area contributed by atoms with E-state index in [4.69, 9.17) is 5.11 Å². The Morgan fingerprint density at radius 2 is 1.60 bits per heavy atom. The summed E-state index contributed by atoms with van der Waals surface area (Å²) < 4.78 is 81.2. The number of aromatic nitrogens is 1. The van der Waals surface area contributed by atoms with E-state index < -0.39 is 47.0 Å². The number of carbonyl (C=O) groups excluding carboxylic acids is 1. The molecule has 5 nitrogen and oxygen atoms in total. The van der Waals surface area contributed by atoms with Gasteiger partial charge in [0.15, 0.2) is 0 Å². The van der Waals surface area contributed by atoms with E-state index in [2.05, 4.69) is 0 Å². The largest absolute Gasteiger partial charge is 0.478 e. The predicted molar refractivity (Wildman–Crippen MR) is 116 cm³/mol. The van der Waals surface area contributed by atoms with Crippen LogP contribution in [-0.4, -0.2) is 39.5 Å². The molecule has 1 heterocycles. The average Bonchev–Trinajstić information content (AvgIpc) is 3.09. The Labute approximate surface area is 195 Å². The minimum absolute atomic E-state index is 0.0608. The van der Waals surface area contributed by atoms with Gasteiger partial charge in [-0.2, -0.15) is 26.3 Å². The number of amides is 1. The highest BCUT2D eigenvalue weighted by atomic mass is 19.4. The maximum atomic E-state index is 13.2. The lowest BCUT2D eigenvalue weighted by Crippen LogP contribution is -2.37. The molecule has 1 amide bonds. The lowest BCUT2D eigenvalue weighted by atomic mass is 10.0. The van der Waals surface area contributed by atoms with Crippen molar-refractivity contribution >= 4 is 22.8 Å². The minimum atomic E-state index is -5.11. The van der Waals surface area contributed by atoms with Gasteiger partial charge in [-0.1, -0.05) is 24.3 Å². The number of nitrogens with zero attached hydrogens (tertiary/aromatic N) is 2. The Morgan fingerprint density at radius 1 is 1.03 bits per heavy atom. The van der Waals surface area contributed by atoms with E-state index in [0.29, 0.717) is 17.7 Å². The molecule has 0 fully saturated rings. The number of alkyl halides is 6. The van der Waals surface area contributed by atoms with Crippen molar-refractivity contribution in [3.63, 3.8) is 0 Å². The summed E-state index contributed by atoms with van der Waals surface area (Å²) in [7, 11) is 2.97. The van der Waals surface area contributed by atoms with Crippen molar-refractivity contribution in [3.05, 3.63) is 83.1 Å². The second-order valence-electron chi connectivity index (χ2n) is 7.96. The number of likely N-dealkylation sites (N-methyl/N-ethyl adjacent to an activating group) is 1. The van der Waals surface area contributed by atoms with E-state index in [-0.39, 0.29) is 12.5 Å². The Balaban J connectivity index is 2.04. The van der Waals surface area contributed by atoms with Crippen LogP contribution in [0.15, 0.2) is 60.8 Å². The van der Waals surface area contributed by atoms with Crippen LogP contribution in [0.25, 0.3) is 10.9 Å². The third kappa shape index (κ3) is 5.84. The molecule has 2 aromatic carbocycles. The van der Waals surface area contributed by atoms with E-state index >= 15 is 0 Å². The highest BCUT2D eigenvalue weighted by Gasteiger charge is 2.38. The fraction of sp³-hybridized carbons (Fsp3) is 0.250. The first kappa shape index (κ1) is 25.9. The predicted octanol–water partition coefficient (Wildman–Crippen LogP) is 5.54. The lowest BCUT2D eigenvalue weighted by Gasteiger charge is -2.26. The summed E-state index contributed by atoms with van der Waals surface area (Å²) in [6.45, 7) is 0. The SMILES string of the molecule is CN(C(=O)c1cc(C(F)(F)F)cc(C(F)(F)F)c1)[C@H](C=CC(=O)O)Cc1cn(C)c2ccccc12. The second-order valence-corrected chi connectivity index (χ2v) is 7.96. The Hall–Kier alpha value is -3.76. The van der Waals surface area contributed by atoms with Gasteiger partial charge in [-0.05, 0) is 36.2 Å². The zero-order chi connectivity index (χ0) is 26.1. The van der Waals surface area contributed by atoms with Gasteiger partial charge >= 0.3 is 18.3 Å². The van der Waals surface area contributed by atoms with E-state index in [1.165, 1.54) is 13.1 Å². The van der Waals surface area contributed by atoms with E-state index in [1.54, 1.807) is 19.3 Å². The summed E-state index contributed by atoms with van der Waals surface area (Å²) in [4.78, 5) is 25.1. The first-order chi connectivity index (χ1) is 16.2. The van der Waals surface area contributed by atoms with Gasteiger partial charge in [0.25, 0.3) is 5.91 Å². The van der Waals surface area contributed by atoms with E-state index in [1.807, 2.05) is 22.8 Å². The number of hydrogen-bond acceptors (Lipinski definition) is 2. The Bertz CT molecular complexity index is 1260. The zero-order valence-electron chi connectivity index (χ0n) is 18.5. The first-order valence-corrected chi connectivity index (χ1v) is 10.2. The highest BCUT2D eigenvalue weighted by Crippen LogP contribution is 2.36. The molecule has 1 N–H and O–H groups in total. The smallest absolute Gasteiger partial charge is 0.416 e. The quantitative estimate of drug-likeness (QED) is 0.359. The van der Waals surface area contributed by atoms with E-state index in [9.17, 15) is 35.9 Å². The summed E-state index contributed by atoms with van der Waals surface area (Å²) in [5.41, 5.74) is -2.49. The Kier molecular flexibility index (Phi) is 7.00. The molecule has 3 rings (SSSR count). The molecule has 0 unspecified atom stereocenters. The van der Waals surface area contributed by atoms with Gasteiger partial charge in [0, 0.05) is 42.8 Å². The molecule has 35 heavy (non-hydrogen) atoms. The number of carbonyl (C=O) groups is 2. The van der Waals surface area contributed by atoms with Gasteiger partial charge in [-0.15, -0.1) is 0 Å². The number of hydrogen-bond donors (Lipinski definition) is 1. The molecular weight excluding hydrogens is 478 g/mol. The maximum absolute atomic E-state index is 13.2. The molecule has 0 radical (unpaired) electrons. The summed E-state index contributed by atoms with van der Waals surface area (Å²) in [5.74, 6) is -2.45. The van der Waals surface area contributed by atoms with Crippen molar-refractivity contribution in [1.82, 2.24) is 9.47 Å². The number of carboxylic acids is 1. The standard InChI is InChI=1S/C24H20F6N2O3/c1-31-13-15(19-5-3-4-6-20(19)31)11-18(7-8-21(33)34)32(2)22(35)14-9-16(23(25,26)27)12-17(10-14)24(28,29)30/h3-10,12-13,18H,11H2,1-2H3,(H,33,34)/t18-/m1/s1. The fourth-order valence-corrected chi connectivity index (χ4v) is 3.77. The van der Waals surface area contributed by atoms with Gasteiger partial charge in [0.05, 0.1) is 17.2 Å². The highest BCUT2D eigenvalue weighted by molar-refractivity contribution is 5.95. The monoisotopic (exact) mass is 498 g/mol. The number of aliphatic carboxylic acids is 1. The molecule has 0 aliphatic heterocycles. The number of carboxylic acid groups (broad SMARTS) is 1. The van der Waals surface area contributed by atoms with Crippen LogP contribution < -0.4 is 0 Å². The second kappa shape index (κ2) is 9.47. The summed E-state index contributed by atoms with van der Waals surface area (Å²) in [6.07, 6.45) is -6.46. The molecule has 0 saturated heterocycles. The number of fused-ring (bicyclic) bond motifs is 1. The summed E-state index contributed by atoms with van der Waals surface area (Å²) in [5, 5.41) is 9.86. The molecule has 0 bridgehead atoms. The van der Waals surface area contributed by atoms with Crippen LogP contribution >= 0.6 is 0 Å². The van der Waals surface area contributed by atoms with Crippen LogP contribution in [0.5, 0.6) is 0 Å². The molecule has 0 saturated carbocycles. The van der Waals surface area contributed by atoms with Crippen LogP contribution in [0, 0.1) is 0 Å². The minimum Gasteiger partial charge on any atom is -0.478 e. The van der Waals surface area contributed by atoms with Crippen molar-refractivity contribution < 1.29 is 41.0 Å². The number of benzene rings is 2. The number of halogens is 6. The number of aryl methyl sites for hydroxylation is 1. The molecule has 0 spiro atoms. The summed E-state index contributed by atoms with van der Waals surface area (Å²) >= 11 is 0. The lowest BCUT2D eigenvalue weighted by molar-refractivity contribution is -0.143. The van der Waals surface area contributed by atoms with Gasteiger partial charge in [-0.25, -0.2) is 4.79 Å². The number of rotatable bonds is 6. The normalized spacial score (nSPS) is 13.4. The molecule has 1 atom stereocenters. The van der Waals surface area contributed by atoms with Gasteiger partial charge in [-0.3, -0.25) is 4.79 Å². The third-order valence-corrected chi connectivity index (χ3v) is 5.52. The van der Waals surface area contributed by atoms with Gasteiger partial charge in [0.1, 0.15) is 0 Å². The van der Waals surface area contributed by atoms with Crippen molar-refractivity contribution in [2.45, 2.75) is 24.8 Å². The topological polar surface area (TPSA) is 62.5 Å². The molecule has 0 aliphatic rings. The van der Waals surface area contributed by atoms with Crippen LogP contribution in [0.3, 0.4) is 0 Å². The molecule has 0 aliphatic carbocycles. The summed E-state index contributed by atoms with van der Waals surface area (Å²) in [6, 6.07) is 6.92. The zero-order valence-corrected chi connectivity index (χ0v) is 18.5. The van der Waals surface area contributed by atoms with Gasteiger partial charge < -0.3 is 14.6 Å². The molecule has 3 aromatic rings. The first-order valence-electron chi connectivity index (χ1n) is 10.2. The van der Waals surface area contributed by atoms with E-state index in [0.717, 1.165) is 21.9 Å². The van der Waals surface area contributed by atoms with Crippen LogP contribution in [0.4, 0.5) is 26.3 Å². The van der Waals surface area contributed by atoms with Crippen LogP contribution in [-0.2, 0) is 30.6 Å². The molecule has 11 heteroatoms. The van der Waals surface area contributed by atoms with Gasteiger partial charge in [0.2, 0.25) is 0 Å².